The molecule has 8 heteroatoms. The molecule has 0 spiro atoms. The highest BCUT2D eigenvalue weighted by Gasteiger charge is 2.15. The molecular formula is C20H23BrN4O3. The average Bonchev–Trinajstić information content (AvgIpc) is 3.11. The van der Waals surface area contributed by atoms with Crippen molar-refractivity contribution in [3.05, 3.63) is 54.9 Å². The molecule has 1 N–H and O–H groups in total. The van der Waals surface area contributed by atoms with Crippen molar-refractivity contribution in [1.82, 2.24) is 19.1 Å². The maximum atomic E-state index is 12.7. The summed E-state index contributed by atoms with van der Waals surface area (Å²) in [7, 11) is 1.62. The predicted molar refractivity (Wildman–Crippen MR) is 115 cm³/mol. The van der Waals surface area contributed by atoms with Gasteiger partial charge in [-0.05, 0) is 52.5 Å². The Morgan fingerprint density at radius 3 is 2.50 bits per heavy atom. The average molecular weight is 447 g/mol. The number of halogens is 1. The van der Waals surface area contributed by atoms with Crippen molar-refractivity contribution in [2.45, 2.75) is 39.8 Å². The number of imidazole rings is 1. The molecule has 3 aromatic rings. The van der Waals surface area contributed by atoms with Crippen LogP contribution >= 0.6 is 15.9 Å². The minimum absolute atomic E-state index is 0.303. The fourth-order valence-corrected chi connectivity index (χ4v) is 3.63. The van der Waals surface area contributed by atoms with E-state index in [1.54, 1.807) is 17.8 Å². The second kappa shape index (κ2) is 8.60. The maximum absolute atomic E-state index is 12.7. The standard InChI is InChI=1S/C20H23BrN4O3/c1-4-10-24-18-17(19(26)25(11-5-2)20(24)27)22-16(23-18)9-7-13-6-8-15(28-3)14(21)12-13/h6-9,12H,4-5,10-11H2,1-3H3,(H,22,23). The van der Waals surface area contributed by atoms with Crippen LogP contribution in [0.5, 0.6) is 5.75 Å². The van der Waals surface area contributed by atoms with E-state index < -0.39 is 0 Å². The second-order valence-corrected chi connectivity index (χ2v) is 7.29. The molecule has 0 aliphatic heterocycles. The van der Waals surface area contributed by atoms with Gasteiger partial charge in [0, 0.05) is 13.1 Å². The number of fused-ring (bicyclic) bond motifs is 1. The Hall–Kier alpha value is -2.61. The number of aryl methyl sites for hydroxylation is 1. The first-order valence-electron chi connectivity index (χ1n) is 9.25. The van der Waals surface area contributed by atoms with E-state index in [0.717, 1.165) is 22.2 Å². The fraction of sp³-hybridized carbons (Fsp3) is 0.350. The van der Waals surface area contributed by atoms with Crippen molar-refractivity contribution < 1.29 is 4.74 Å². The molecule has 0 atom stereocenters. The summed E-state index contributed by atoms with van der Waals surface area (Å²) in [5, 5.41) is 0. The van der Waals surface area contributed by atoms with Crippen LogP contribution in [0.2, 0.25) is 0 Å². The van der Waals surface area contributed by atoms with Crippen molar-refractivity contribution >= 4 is 39.2 Å². The Labute approximate surface area is 170 Å². The molecule has 0 fully saturated rings. The van der Waals surface area contributed by atoms with Gasteiger partial charge < -0.3 is 9.72 Å². The fourth-order valence-electron chi connectivity index (χ4n) is 3.07. The van der Waals surface area contributed by atoms with E-state index in [1.807, 2.05) is 38.1 Å². The minimum atomic E-state index is -0.325. The molecule has 0 radical (unpaired) electrons. The number of ether oxygens (including phenoxy) is 1. The lowest BCUT2D eigenvalue weighted by atomic mass is 10.2. The first-order valence-corrected chi connectivity index (χ1v) is 10.0. The summed E-state index contributed by atoms with van der Waals surface area (Å²) in [6.07, 6.45) is 5.16. The summed E-state index contributed by atoms with van der Waals surface area (Å²) in [4.78, 5) is 33.0. The predicted octanol–water partition coefficient (Wildman–Crippen LogP) is 3.65. The normalized spacial score (nSPS) is 11.6. The summed E-state index contributed by atoms with van der Waals surface area (Å²) < 4.78 is 8.94. The molecule has 0 amide bonds. The largest absolute Gasteiger partial charge is 0.496 e. The Kier molecular flexibility index (Phi) is 6.18. The molecule has 0 saturated carbocycles. The van der Waals surface area contributed by atoms with Gasteiger partial charge in [-0.1, -0.05) is 26.0 Å². The van der Waals surface area contributed by atoms with Gasteiger partial charge in [0.05, 0.1) is 11.6 Å². The van der Waals surface area contributed by atoms with Gasteiger partial charge in [-0.15, -0.1) is 0 Å². The van der Waals surface area contributed by atoms with Crippen LogP contribution in [0.3, 0.4) is 0 Å². The summed E-state index contributed by atoms with van der Waals surface area (Å²) in [6.45, 7) is 4.83. The van der Waals surface area contributed by atoms with E-state index in [0.29, 0.717) is 36.5 Å². The zero-order chi connectivity index (χ0) is 20.3. The van der Waals surface area contributed by atoms with Crippen LogP contribution in [0.25, 0.3) is 23.3 Å². The van der Waals surface area contributed by atoms with Crippen molar-refractivity contribution in [3.8, 4) is 5.75 Å². The quantitative estimate of drug-likeness (QED) is 0.600. The third-order valence-corrected chi connectivity index (χ3v) is 5.00. The van der Waals surface area contributed by atoms with Crippen molar-refractivity contribution in [2.75, 3.05) is 7.11 Å². The Morgan fingerprint density at radius 2 is 1.86 bits per heavy atom. The lowest BCUT2D eigenvalue weighted by Crippen LogP contribution is -2.40. The topological polar surface area (TPSA) is 81.9 Å². The zero-order valence-corrected chi connectivity index (χ0v) is 17.7. The van der Waals surface area contributed by atoms with Gasteiger partial charge >= 0.3 is 5.69 Å². The zero-order valence-electron chi connectivity index (χ0n) is 16.2. The summed E-state index contributed by atoms with van der Waals surface area (Å²) in [5.74, 6) is 1.28. The van der Waals surface area contributed by atoms with Crippen LogP contribution in [-0.4, -0.2) is 26.2 Å². The maximum Gasteiger partial charge on any atom is 0.332 e. The summed E-state index contributed by atoms with van der Waals surface area (Å²) in [6, 6.07) is 5.72. The molecule has 28 heavy (non-hydrogen) atoms. The lowest BCUT2D eigenvalue weighted by Gasteiger charge is -2.09. The van der Waals surface area contributed by atoms with Gasteiger partial charge in [-0.25, -0.2) is 9.78 Å². The Balaban J connectivity index is 2.07. The molecule has 0 saturated heterocycles. The number of aromatic nitrogens is 4. The number of hydrogen-bond acceptors (Lipinski definition) is 4. The first-order chi connectivity index (χ1) is 13.5. The number of nitrogens with one attached hydrogen (secondary N) is 1. The SMILES string of the molecule is CCCn1c(=O)c2[nH]c(C=Cc3ccc(OC)c(Br)c3)nc2n(CCC)c1=O. The van der Waals surface area contributed by atoms with E-state index in [4.69, 9.17) is 4.74 Å². The number of H-pyrrole nitrogens is 1. The van der Waals surface area contributed by atoms with Crippen molar-refractivity contribution in [1.29, 1.82) is 0 Å². The van der Waals surface area contributed by atoms with E-state index in [1.165, 1.54) is 4.57 Å². The second-order valence-electron chi connectivity index (χ2n) is 6.44. The highest BCUT2D eigenvalue weighted by Crippen LogP contribution is 2.26. The molecule has 2 aromatic heterocycles. The van der Waals surface area contributed by atoms with Crippen LogP contribution < -0.4 is 16.0 Å². The molecule has 1 aromatic carbocycles. The Bertz CT molecular complexity index is 1140. The lowest BCUT2D eigenvalue weighted by molar-refractivity contribution is 0.412. The summed E-state index contributed by atoms with van der Waals surface area (Å²) >= 11 is 3.46. The smallest absolute Gasteiger partial charge is 0.332 e. The highest BCUT2D eigenvalue weighted by molar-refractivity contribution is 9.10. The third kappa shape index (κ3) is 3.82. The van der Waals surface area contributed by atoms with E-state index in [2.05, 4.69) is 25.9 Å². The van der Waals surface area contributed by atoms with Gasteiger partial charge in [0.1, 0.15) is 17.1 Å². The number of nitrogens with zero attached hydrogens (tertiary/aromatic N) is 3. The molecular weight excluding hydrogens is 424 g/mol. The summed E-state index contributed by atoms with van der Waals surface area (Å²) in [5.41, 5.74) is 1.08. The number of hydrogen-bond donors (Lipinski definition) is 1. The van der Waals surface area contributed by atoms with E-state index >= 15 is 0 Å². The van der Waals surface area contributed by atoms with Gasteiger partial charge in [-0.2, -0.15) is 0 Å². The van der Waals surface area contributed by atoms with Crippen LogP contribution in [0.1, 0.15) is 38.1 Å². The van der Waals surface area contributed by atoms with Gasteiger partial charge in [0.15, 0.2) is 5.65 Å². The van der Waals surface area contributed by atoms with Crippen molar-refractivity contribution in [3.63, 3.8) is 0 Å². The minimum Gasteiger partial charge on any atom is -0.496 e. The first kappa shape index (κ1) is 20.1. The number of rotatable bonds is 7. The van der Waals surface area contributed by atoms with Gasteiger partial charge in [-0.3, -0.25) is 13.9 Å². The van der Waals surface area contributed by atoms with Crippen LogP contribution in [0.15, 0.2) is 32.3 Å². The molecule has 7 nitrogen and oxygen atoms in total. The van der Waals surface area contributed by atoms with Crippen LogP contribution in [-0.2, 0) is 13.1 Å². The molecule has 0 aliphatic rings. The van der Waals surface area contributed by atoms with Gasteiger partial charge in [0.25, 0.3) is 5.56 Å². The van der Waals surface area contributed by atoms with Gasteiger partial charge in [0.2, 0.25) is 0 Å². The number of methoxy groups -OCH3 is 1. The molecule has 0 aliphatic carbocycles. The van der Waals surface area contributed by atoms with Crippen molar-refractivity contribution in [2.24, 2.45) is 0 Å². The van der Waals surface area contributed by atoms with E-state index in [-0.39, 0.29) is 11.2 Å². The molecule has 3 rings (SSSR count). The Morgan fingerprint density at radius 1 is 1.14 bits per heavy atom. The third-order valence-electron chi connectivity index (χ3n) is 4.38. The number of benzene rings is 1. The van der Waals surface area contributed by atoms with Crippen LogP contribution in [0, 0.1) is 0 Å². The highest BCUT2D eigenvalue weighted by atomic mass is 79.9. The molecule has 2 heterocycles. The van der Waals surface area contributed by atoms with Crippen LogP contribution in [0.4, 0.5) is 0 Å². The molecule has 148 valence electrons. The molecule has 0 unspecified atom stereocenters. The van der Waals surface area contributed by atoms with E-state index in [9.17, 15) is 9.59 Å². The number of aromatic amines is 1. The monoisotopic (exact) mass is 446 g/mol. The molecule has 0 bridgehead atoms.